The number of nitrogens with one attached hydrogen (secondary N) is 1. The summed E-state index contributed by atoms with van der Waals surface area (Å²) in [6.07, 6.45) is 0. The molecule has 0 spiro atoms. The van der Waals surface area contributed by atoms with Crippen LogP contribution in [-0.2, 0) is 16.6 Å². The van der Waals surface area contributed by atoms with Crippen LogP contribution in [0.4, 0.5) is 5.69 Å². The van der Waals surface area contributed by atoms with Crippen LogP contribution in [-0.4, -0.2) is 14.3 Å². The van der Waals surface area contributed by atoms with E-state index in [4.69, 9.17) is 5.73 Å². The minimum Gasteiger partial charge on any atom is -0.399 e. The van der Waals surface area contributed by atoms with Gasteiger partial charge >= 0.3 is 0 Å². The first-order valence-electron chi connectivity index (χ1n) is 6.07. The highest BCUT2D eigenvalue weighted by atomic mass is 32.2. The second kappa shape index (κ2) is 4.64. The van der Waals surface area contributed by atoms with Crippen LogP contribution < -0.4 is 10.5 Å². The Labute approximate surface area is 117 Å². The minimum atomic E-state index is -3.47. The Morgan fingerprint density at radius 2 is 1.75 bits per heavy atom. The number of hydrogen-bond donors (Lipinski definition) is 2. The number of hydrogen-bond acceptors (Lipinski definition) is 4. The standard InChI is InChI=1S/C14H13N3O2S/c15-11-7-5-10(6-8-11)9-16-14-12-3-1-2-4-13(12)20(18,19)17-14/h1-8H,9,15H2,(H,16,17). The molecule has 0 unspecified atom stereocenters. The Morgan fingerprint density at radius 1 is 1.05 bits per heavy atom. The average Bonchev–Trinajstić information content (AvgIpc) is 2.70. The molecule has 20 heavy (non-hydrogen) atoms. The highest BCUT2D eigenvalue weighted by Crippen LogP contribution is 2.22. The summed E-state index contributed by atoms with van der Waals surface area (Å²) in [5.74, 6) is 0.387. The summed E-state index contributed by atoms with van der Waals surface area (Å²) in [6, 6.07) is 14.1. The summed E-state index contributed by atoms with van der Waals surface area (Å²) in [6.45, 7) is 0.395. The monoisotopic (exact) mass is 287 g/mol. The number of rotatable bonds is 2. The van der Waals surface area contributed by atoms with Crippen LogP contribution in [0.5, 0.6) is 0 Å². The molecule has 3 N–H and O–H groups in total. The molecule has 2 aromatic rings. The lowest BCUT2D eigenvalue weighted by Gasteiger charge is -2.00. The van der Waals surface area contributed by atoms with Crippen molar-refractivity contribution in [3.05, 3.63) is 59.7 Å². The van der Waals surface area contributed by atoms with Crippen LogP contribution in [0.1, 0.15) is 11.1 Å². The van der Waals surface area contributed by atoms with Crippen molar-refractivity contribution < 1.29 is 8.42 Å². The highest BCUT2D eigenvalue weighted by Gasteiger charge is 2.29. The maximum Gasteiger partial charge on any atom is 0.263 e. The Morgan fingerprint density at radius 3 is 2.50 bits per heavy atom. The smallest absolute Gasteiger partial charge is 0.263 e. The van der Waals surface area contributed by atoms with Gasteiger partial charge in [0.2, 0.25) is 0 Å². The summed E-state index contributed by atoms with van der Waals surface area (Å²) in [5.41, 5.74) is 7.89. The van der Waals surface area contributed by atoms with Crippen molar-refractivity contribution in [3.8, 4) is 0 Å². The number of nitrogen functional groups attached to an aromatic ring is 1. The van der Waals surface area contributed by atoms with E-state index in [1.54, 1.807) is 36.4 Å². The number of benzene rings is 2. The lowest BCUT2D eigenvalue weighted by atomic mass is 10.2. The van der Waals surface area contributed by atoms with E-state index in [-0.39, 0.29) is 4.90 Å². The first-order chi connectivity index (χ1) is 9.56. The number of fused-ring (bicyclic) bond motifs is 1. The fraction of sp³-hybridized carbons (Fsp3) is 0.0714. The largest absolute Gasteiger partial charge is 0.399 e. The van der Waals surface area contributed by atoms with Crippen LogP contribution in [0.25, 0.3) is 0 Å². The highest BCUT2D eigenvalue weighted by molar-refractivity contribution is 7.90. The second-order valence-electron chi connectivity index (χ2n) is 4.51. The zero-order valence-electron chi connectivity index (χ0n) is 10.6. The summed E-state index contributed by atoms with van der Waals surface area (Å²) in [7, 11) is -3.47. The summed E-state index contributed by atoms with van der Waals surface area (Å²) in [4.78, 5) is 4.62. The molecule has 0 aliphatic carbocycles. The van der Waals surface area contributed by atoms with Gasteiger partial charge in [-0.25, -0.2) is 8.42 Å². The molecule has 0 bridgehead atoms. The van der Waals surface area contributed by atoms with Crippen molar-refractivity contribution in [3.63, 3.8) is 0 Å². The van der Waals surface area contributed by atoms with Crippen LogP contribution in [0.3, 0.4) is 0 Å². The lowest BCUT2D eigenvalue weighted by molar-refractivity contribution is 0.595. The van der Waals surface area contributed by atoms with Crippen molar-refractivity contribution in [2.45, 2.75) is 11.4 Å². The fourth-order valence-corrected chi connectivity index (χ4v) is 3.30. The number of aliphatic imine (C=N–C) groups is 1. The first-order valence-corrected chi connectivity index (χ1v) is 7.56. The molecule has 0 radical (unpaired) electrons. The lowest BCUT2D eigenvalue weighted by Crippen LogP contribution is -2.22. The van der Waals surface area contributed by atoms with Crippen LogP contribution >= 0.6 is 0 Å². The quantitative estimate of drug-likeness (QED) is 0.821. The van der Waals surface area contributed by atoms with E-state index in [0.717, 1.165) is 5.56 Å². The van der Waals surface area contributed by atoms with Crippen LogP contribution in [0, 0.1) is 0 Å². The Balaban J connectivity index is 1.92. The van der Waals surface area contributed by atoms with Gasteiger partial charge in [-0.2, -0.15) is 0 Å². The van der Waals surface area contributed by atoms with Gasteiger partial charge in [-0.3, -0.25) is 9.71 Å². The zero-order chi connectivity index (χ0) is 14.2. The molecular weight excluding hydrogens is 274 g/mol. The van der Waals surface area contributed by atoms with E-state index in [9.17, 15) is 8.42 Å². The molecule has 1 aliphatic heterocycles. The molecule has 6 heteroatoms. The van der Waals surface area contributed by atoms with Gasteiger partial charge in [-0.05, 0) is 29.8 Å². The summed E-state index contributed by atoms with van der Waals surface area (Å²) in [5, 5.41) is 0. The van der Waals surface area contributed by atoms with Gasteiger partial charge in [0.15, 0.2) is 0 Å². The molecule has 1 heterocycles. The third-order valence-electron chi connectivity index (χ3n) is 3.06. The number of nitrogens with zero attached hydrogens (tertiary/aromatic N) is 1. The third kappa shape index (κ3) is 2.25. The molecule has 1 aliphatic rings. The topological polar surface area (TPSA) is 84.5 Å². The second-order valence-corrected chi connectivity index (χ2v) is 6.16. The van der Waals surface area contributed by atoms with E-state index >= 15 is 0 Å². The Hall–Kier alpha value is -2.34. The fourth-order valence-electron chi connectivity index (χ4n) is 2.04. The van der Waals surface area contributed by atoms with Crippen molar-refractivity contribution in [1.29, 1.82) is 0 Å². The number of sulfonamides is 1. The molecule has 3 rings (SSSR count). The SMILES string of the molecule is Nc1ccc(CN=C2NS(=O)(=O)c3ccccc32)cc1. The van der Waals surface area contributed by atoms with E-state index in [1.807, 2.05) is 12.1 Å². The van der Waals surface area contributed by atoms with Crippen molar-refractivity contribution >= 4 is 21.5 Å². The zero-order valence-corrected chi connectivity index (χ0v) is 11.4. The van der Waals surface area contributed by atoms with E-state index in [1.165, 1.54) is 0 Å². The van der Waals surface area contributed by atoms with Gasteiger partial charge in [0.05, 0.1) is 11.4 Å². The van der Waals surface area contributed by atoms with Gasteiger partial charge in [-0.15, -0.1) is 0 Å². The molecule has 5 nitrogen and oxygen atoms in total. The molecular formula is C14H13N3O2S. The van der Waals surface area contributed by atoms with E-state index < -0.39 is 10.0 Å². The number of nitrogens with two attached hydrogens (primary N) is 1. The molecule has 0 atom stereocenters. The first kappa shape index (κ1) is 12.7. The summed E-state index contributed by atoms with van der Waals surface area (Å²) < 4.78 is 26.3. The molecule has 2 aromatic carbocycles. The van der Waals surface area contributed by atoms with Gasteiger partial charge in [0.1, 0.15) is 5.84 Å². The Kier molecular flexibility index (Phi) is 2.94. The molecule has 0 saturated carbocycles. The number of amidine groups is 1. The molecule has 0 aromatic heterocycles. The maximum atomic E-state index is 11.9. The van der Waals surface area contributed by atoms with Crippen molar-refractivity contribution in [2.24, 2.45) is 4.99 Å². The number of anilines is 1. The molecule has 102 valence electrons. The maximum absolute atomic E-state index is 11.9. The summed E-state index contributed by atoms with van der Waals surface area (Å²) >= 11 is 0. The molecule has 0 amide bonds. The third-order valence-corrected chi connectivity index (χ3v) is 4.46. The van der Waals surface area contributed by atoms with Gasteiger partial charge < -0.3 is 5.73 Å². The van der Waals surface area contributed by atoms with Crippen LogP contribution in [0.2, 0.25) is 0 Å². The van der Waals surface area contributed by atoms with Gasteiger partial charge in [0, 0.05) is 11.3 Å². The molecule has 0 saturated heterocycles. The minimum absolute atomic E-state index is 0.274. The molecule has 0 fully saturated rings. The Bertz CT molecular complexity index is 780. The van der Waals surface area contributed by atoms with Crippen molar-refractivity contribution in [1.82, 2.24) is 4.72 Å². The van der Waals surface area contributed by atoms with Crippen LogP contribution in [0.15, 0.2) is 58.4 Å². The van der Waals surface area contributed by atoms with Crippen molar-refractivity contribution in [2.75, 3.05) is 5.73 Å². The van der Waals surface area contributed by atoms with Gasteiger partial charge in [0.25, 0.3) is 10.0 Å². The predicted molar refractivity (Wildman–Crippen MR) is 77.9 cm³/mol. The predicted octanol–water partition coefficient (Wildman–Crippen LogP) is 1.51. The normalized spacial score (nSPS) is 17.7. The van der Waals surface area contributed by atoms with E-state index in [0.29, 0.717) is 23.6 Å². The average molecular weight is 287 g/mol. The van der Waals surface area contributed by atoms with E-state index in [2.05, 4.69) is 9.71 Å². The van der Waals surface area contributed by atoms with Gasteiger partial charge in [-0.1, -0.05) is 24.3 Å².